The third kappa shape index (κ3) is 2.43. The lowest BCUT2D eigenvalue weighted by atomic mass is 10.1. The molecule has 1 aromatic heterocycles. The molecule has 0 fully saturated rings. The number of pyridine rings is 1. The summed E-state index contributed by atoms with van der Waals surface area (Å²) in [7, 11) is 0. The van der Waals surface area contributed by atoms with E-state index in [1.54, 1.807) is 24.4 Å². The highest BCUT2D eigenvalue weighted by Crippen LogP contribution is 2.23. The molecular formula is C17H13FN2O. The standard InChI is InChI=1S/C17H13FN2O/c18-13-8-6-12(7-9-13)15-10-11-20(17(21)16(15)19)14-4-2-1-3-5-14/h1-11H,19H2. The van der Waals surface area contributed by atoms with E-state index in [-0.39, 0.29) is 17.1 Å². The molecule has 104 valence electrons. The van der Waals surface area contributed by atoms with E-state index in [9.17, 15) is 9.18 Å². The Balaban J connectivity index is 2.13. The zero-order chi connectivity index (χ0) is 14.8. The fourth-order valence-corrected chi connectivity index (χ4v) is 2.22. The van der Waals surface area contributed by atoms with Gasteiger partial charge in [-0.25, -0.2) is 4.39 Å². The minimum Gasteiger partial charge on any atom is -0.394 e. The minimum atomic E-state index is -0.324. The Labute approximate surface area is 121 Å². The molecule has 0 saturated heterocycles. The van der Waals surface area contributed by atoms with Crippen molar-refractivity contribution in [3.63, 3.8) is 0 Å². The second-order valence-corrected chi connectivity index (χ2v) is 4.66. The average molecular weight is 280 g/mol. The molecule has 21 heavy (non-hydrogen) atoms. The van der Waals surface area contributed by atoms with Crippen molar-refractivity contribution in [1.29, 1.82) is 0 Å². The number of hydrogen-bond donors (Lipinski definition) is 1. The van der Waals surface area contributed by atoms with Crippen LogP contribution in [0, 0.1) is 5.82 Å². The first-order valence-corrected chi connectivity index (χ1v) is 6.49. The molecule has 0 atom stereocenters. The van der Waals surface area contributed by atoms with E-state index in [0.717, 1.165) is 5.69 Å². The summed E-state index contributed by atoms with van der Waals surface area (Å²) in [5, 5.41) is 0. The van der Waals surface area contributed by atoms with Gasteiger partial charge in [-0.15, -0.1) is 0 Å². The van der Waals surface area contributed by atoms with Gasteiger partial charge in [0.25, 0.3) is 5.56 Å². The monoisotopic (exact) mass is 280 g/mol. The fraction of sp³-hybridized carbons (Fsp3) is 0. The van der Waals surface area contributed by atoms with Crippen molar-refractivity contribution in [2.45, 2.75) is 0 Å². The zero-order valence-corrected chi connectivity index (χ0v) is 11.2. The van der Waals surface area contributed by atoms with Crippen LogP contribution in [0.2, 0.25) is 0 Å². The van der Waals surface area contributed by atoms with Gasteiger partial charge in [-0.1, -0.05) is 30.3 Å². The normalized spacial score (nSPS) is 10.5. The molecule has 0 unspecified atom stereocenters. The zero-order valence-electron chi connectivity index (χ0n) is 11.2. The summed E-state index contributed by atoms with van der Waals surface area (Å²) in [6.45, 7) is 0. The van der Waals surface area contributed by atoms with Gasteiger partial charge >= 0.3 is 0 Å². The molecule has 3 aromatic rings. The predicted octanol–water partition coefficient (Wildman–Crippen LogP) is 3.23. The van der Waals surface area contributed by atoms with Gasteiger partial charge in [0, 0.05) is 17.4 Å². The molecule has 0 radical (unpaired) electrons. The first-order valence-electron chi connectivity index (χ1n) is 6.49. The van der Waals surface area contributed by atoms with E-state index in [1.807, 2.05) is 30.3 Å². The highest BCUT2D eigenvalue weighted by Gasteiger charge is 2.09. The molecule has 0 amide bonds. The molecule has 0 saturated carbocycles. The smallest absolute Gasteiger partial charge is 0.278 e. The number of benzene rings is 2. The SMILES string of the molecule is Nc1c(-c2ccc(F)cc2)ccn(-c2ccccc2)c1=O. The maximum absolute atomic E-state index is 13.0. The van der Waals surface area contributed by atoms with Gasteiger partial charge in [0.15, 0.2) is 0 Å². The number of anilines is 1. The van der Waals surface area contributed by atoms with Crippen LogP contribution in [0.25, 0.3) is 16.8 Å². The van der Waals surface area contributed by atoms with Gasteiger partial charge in [0.1, 0.15) is 11.5 Å². The van der Waals surface area contributed by atoms with Crippen molar-refractivity contribution >= 4 is 5.69 Å². The molecule has 3 nitrogen and oxygen atoms in total. The van der Waals surface area contributed by atoms with Gasteiger partial charge in [-0.3, -0.25) is 9.36 Å². The van der Waals surface area contributed by atoms with E-state index in [2.05, 4.69) is 0 Å². The van der Waals surface area contributed by atoms with Gasteiger partial charge < -0.3 is 5.73 Å². The maximum atomic E-state index is 13.0. The third-order valence-corrected chi connectivity index (χ3v) is 3.32. The first-order chi connectivity index (χ1) is 10.2. The van der Waals surface area contributed by atoms with Gasteiger partial charge in [0.05, 0.1) is 0 Å². The molecule has 0 aliphatic heterocycles. The summed E-state index contributed by atoms with van der Waals surface area (Å²) >= 11 is 0. The summed E-state index contributed by atoms with van der Waals surface area (Å²) < 4.78 is 14.5. The van der Waals surface area contributed by atoms with Crippen LogP contribution in [0.4, 0.5) is 10.1 Å². The van der Waals surface area contributed by atoms with Gasteiger partial charge in [-0.05, 0) is 35.9 Å². The highest BCUT2D eigenvalue weighted by atomic mass is 19.1. The highest BCUT2D eigenvalue weighted by molar-refractivity contribution is 5.75. The molecular weight excluding hydrogens is 267 g/mol. The third-order valence-electron chi connectivity index (χ3n) is 3.32. The molecule has 2 aromatic carbocycles. The van der Waals surface area contributed by atoms with Crippen LogP contribution in [-0.2, 0) is 0 Å². The summed E-state index contributed by atoms with van der Waals surface area (Å²) in [5.74, 6) is -0.324. The minimum absolute atomic E-state index is 0.146. The second kappa shape index (κ2) is 5.25. The number of nitrogens with zero attached hydrogens (tertiary/aromatic N) is 1. The number of nitrogens with two attached hydrogens (primary N) is 1. The fourth-order valence-electron chi connectivity index (χ4n) is 2.22. The number of hydrogen-bond acceptors (Lipinski definition) is 2. The van der Waals surface area contributed by atoms with Crippen molar-refractivity contribution < 1.29 is 4.39 Å². The lowest BCUT2D eigenvalue weighted by Crippen LogP contribution is -2.21. The van der Waals surface area contributed by atoms with Crippen LogP contribution in [0.5, 0.6) is 0 Å². The molecule has 0 aliphatic carbocycles. The summed E-state index contributed by atoms with van der Waals surface area (Å²) in [6, 6.07) is 16.9. The van der Waals surface area contributed by atoms with Crippen molar-refractivity contribution in [1.82, 2.24) is 4.57 Å². The first kappa shape index (κ1) is 13.1. The molecule has 0 bridgehead atoms. The number of halogens is 1. The Morgan fingerprint density at radius 2 is 1.57 bits per heavy atom. The van der Waals surface area contributed by atoms with Crippen LogP contribution >= 0.6 is 0 Å². The summed E-state index contributed by atoms with van der Waals surface area (Å²) in [5.41, 5.74) is 7.89. The Bertz CT molecular complexity index is 824. The Morgan fingerprint density at radius 1 is 0.905 bits per heavy atom. The van der Waals surface area contributed by atoms with Crippen LogP contribution in [0.3, 0.4) is 0 Å². The molecule has 3 rings (SSSR count). The van der Waals surface area contributed by atoms with E-state index in [0.29, 0.717) is 11.1 Å². The van der Waals surface area contributed by atoms with Gasteiger partial charge in [-0.2, -0.15) is 0 Å². The largest absolute Gasteiger partial charge is 0.394 e. The lowest BCUT2D eigenvalue weighted by molar-refractivity contribution is 0.628. The van der Waals surface area contributed by atoms with Crippen LogP contribution in [0.1, 0.15) is 0 Å². The Kier molecular flexibility index (Phi) is 3.28. The van der Waals surface area contributed by atoms with Crippen molar-refractivity contribution in [2.75, 3.05) is 5.73 Å². The van der Waals surface area contributed by atoms with Crippen LogP contribution in [-0.4, -0.2) is 4.57 Å². The summed E-state index contributed by atoms with van der Waals surface area (Å²) in [4.78, 5) is 12.4. The Morgan fingerprint density at radius 3 is 2.24 bits per heavy atom. The van der Waals surface area contributed by atoms with Crippen LogP contribution in [0.15, 0.2) is 71.7 Å². The van der Waals surface area contributed by atoms with Crippen molar-refractivity contribution in [3.05, 3.63) is 83.0 Å². The Hall–Kier alpha value is -2.88. The second-order valence-electron chi connectivity index (χ2n) is 4.66. The van der Waals surface area contributed by atoms with E-state index in [4.69, 9.17) is 5.73 Å². The lowest BCUT2D eigenvalue weighted by Gasteiger charge is -2.10. The van der Waals surface area contributed by atoms with Crippen molar-refractivity contribution in [3.8, 4) is 16.8 Å². The summed E-state index contributed by atoms with van der Waals surface area (Å²) in [6.07, 6.45) is 1.67. The molecule has 4 heteroatoms. The van der Waals surface area contributed by atoms with Gasteiger partial charge in [0.2, 0.25) is 0 Å². The quantitative estimate of drug-likeness (QED) is 0.783. The average Bonchev–Trinajstić information content (AvgIpc) is 2.52. The van der Waals surface area contributed by atoms with E-state index in [1.165, 1.54) is 16.7 Å². The number of nitrogen functional groups attached to an aromatic ring is 1. The number of para-hydroxylation sites is 1. The molecule has 0 aliphatic rings. The molecule has 0 spiro atoms. The van der Waals surface area contributed by atoms with Crippen LogP contribution < -0.4 is 11.3 Å². The maximum Gasteiger partial charge on any atom is 0.278 e. The number of rotatable bonds is 2. The van der Waals surface area contributed by atoms with E-state index >= 15 is 0 Å². The topological polar surface area (TPSA) is 48.0 Å². The van der Waals surface area contributed by atoms with Crippen molar-refractivity contribution in [2.24, 2.45) is 0 Å². The molecule has 1 heterocycles. The van der Waals surface area contributed by atoms with E-state index < -0.39 is 0 Å². The number of aromatic nitrogens is 1. The molecule has 2 N–H and O–H groups in total. The predicted molar refractivity (Wildman–Crippen MR) is 81.8 cm³/mol.